The van der Waals surface area contributed by atoms with E-state index in [4.69, 9.17) is 11.6 Å². The van der Waals surface area contributed by atoms with Gasteiger partial charge in [-0.25, -0.2) is 4.98 Å². The first-order chi connectivity index (χ1) is 17.9. The molecule has 2 amide bonds. The van der Waals surface area contributed by atoms with E-state index in [1.54, 1.807) is 12.1 Å². The Labute approximate surface area is 225 Å². The maximum atomic E-state index is 13.3. The molecule has 8 heteroatoms. The standard InChI is InChI=1S/C29H38ClN5O2/c1-19-14-22(7-8-25(19)30)18-34-12-9-24(10-13-34)35-11-3-4-26(35)29(37)33-27-16-23(15-20(2)32-27)28(36)31-17-21-5-6-21/h7-8,14-16,21,24,26H,3-6,9-13,17-18H2,1-2H3,(H,31,36)(H,32,33,37)/t26-/m1/s1. The zero-order valence-electron chi connectivity index (χ0n) is 21.9. The molecule has 37 heavy (non-hydrogen) atoms. The van der Waals surface area contributed by atoms with Gasteiger partial charge in [-0.05, 0) is 107 Å². The highest BCUT2D eigenvalue weighted by molar-refractivity contribution is 6.31. The molecule has 0 unspecified atom stereocenters. The summed E-state index contributed by atoms with van der Waals surface area (Å²) in [5.41, 5.74) is 3.69. The third-order valence-corrected chi connectivity index (χ3v) is 8.39. The van der Waals surface area contributed by atoms with Crippen molar-refractivity contribution in [3.05, 3.63) is 57.7 Å². The minimum atomic E-state index is -0.148. The molecule has 1 aliphatic carbocycles. The van der Waals surface area contributed by atoms with Crippen molar-refractivity contribution in [1.82, 2.24) is 20.1 Å². The minimum Gasteiger partial charge on any atom is -0.352 e. The molecule has 3 aliphatic rings. The molecule has 7 nitrogen and oxygen atoms in total. The molecule has 2 aromatic rings. The van der Waals surface area contributed by atoms with E-state index in [1.165, 1.54) is 18.4 Å². The molecule has 5 rings (SSSR count). The van der Waals surface area contributed by atoms with Gasteiger partial charge in [0, 0.05) is 35.4 Å². The number of carbonyl (C=O) groups is 2. The lowest BCUT2D eigenvalue weighted by atomic mass is 10.0. The van der Waals surface area contributed by atoms with E-state index < -0.39 is 0 Å². The number of benzene rings is 1. The van der Waals surface area contributed by atoms with Crippen molar-refractivity contribution in [3.63, 3.8) is 0 Å². The number of anilines is 1. The smallest absolute Gasteiger partial charge is 0.251 e. The van der Waals surface area contributed by atoms with Crippen LogP contribution in [0.4, 0.5) is 5.82 Å². The Morgan fingerprint density at radius 2 is 1.81 bits per heavy atom. The van der Waals surface area contributed by atoms with Crippen LogP contribution in [0, 0.1) is 19.8 Å². The second-order valence-corrected chi connectivity index (χ2v) is 11.4. The fourth-order valence-electron chi connectivity index (χ4n) is 5.71. The van der Waals surface area contributed by atoms with E-state index in [-0.39, 0.29) is 17.9 Å². The van der Waals surface area contributed by atoms with Crippen molar-refractivity contribution in [1.29, 1.82) is 0 Å². The zero-order chi connectivity index (χ0) is 25.9. The molecule has 2 N–H and O–H groups in total. The summed E-state index contributed by atoms with van der Waals surface area (Å²) in [4.78, 5) is 35.3. The lowest BCUT2D eigenvalue weighted by molar-refractivity contribution is -0.121. The highest BCUT2D eigenvalue weighted by Crippen LogP contribution is 2.29. The first kappa shape index (κ1) is 26.1. The van der Waals surface area contributed by atoms with Crippen LogP contribution in [0.2, 0.25) is 5.02 Å². The largest absolute Gasteiger partial charge is 0.352 e. The Hall–Kier alpha value is -2.48. The van der Waals surface area contributed by atoms with Crippen molar-refractivity contribution in [2.75, 3.05) is 31.5 Å². The van der Waals surface area contributed by atoms with Crippen LogP contribution in [0.15, 0.2) is 30.3 Å². The fraction of sp³-hybridized carbons (Fsp3) is 0.552. The highest BCUT2D eigenvalue weighted by atomic mass is 35.5. The van der Waals surface area contributed by atoms with E-state index in [1.807, 2.05) is 19.9 Å². The number of hydrogen-bond donors (Lipinski definition) is 2. The lowest BCUT2D eigenvalue weighted by Gasteiger charge is -2.39. The molecular weight excluding hydrogens is 486 g/mol. The van der Waals surface area contributed by atoms with Crippen molar-refractivity contribution in [2.24, 2.45) is 5.92 Å². The highest BCUT2D eigenvalue weighted by Gasteiger charge is 2.37. The summed E-state index contributed by atoms with van der Waals surface area (Å²) in [7, 11) is 0. The first-order valence-corrected chi connectivity index (χ1v) is 14.0. The van der Waals surface area contributed by atoms with Gasteiger partial charge < -0.3 is 10.6 Å². The lowest BCUT2D eigenvalue weighted by Crippen LogP contribution is -2.50. The molecule has 0 spiro atoms. The average molecular weight is 524 g/mol. The summed E-state index contributed by atoms with van der Waals surface area (Å²) >= 11 is 6.19. The van der Waals surface area contributed by atoms with Crippen LogP contribution in [0.25, 0.3) is 0 Å². The number of rotatable bonds is 8. The number of nitrogens with one attached hydrogen (secondary N) is 2. The number of aryl methyl sites for hydroxylation is 2. The number of piperidine rings is 1. The van der Waals surface area contributed by atoms with Gasteiger partial charge in [0.25, 0.3) is 5.91 Å². The summed E-state index contributed by atoms with van der Waals surface area (Å²) < 4.78 is 0. The van der Waals surface area contributed by atoms with Gasteiger partial charge in [-0.15, -0.1) is 0 Å². The molecule has 2 saturated heterocycles. The predicted molar refractivity (Wildman–Crippen MR) is 147 cm³/mol. The number of amides is 2. The van der Waals surface area contributed by atoms with Gasteiger partial charge in [0.05, 0.1) is 6.04 Å². The Morgan fingerprint density at radius 1 is 1.03 bits per heavy atom. The van der Waals surface area contributed by atoms with Gasteiger partial charge in [-0.2, -0.15) is 0 Å². The van der Waals surface area contributed by atoms with E-state index >= 15 is 0 Å². The fourth-order valence-corrected chi connectivity index (χ4v) is 5.83. The number of pyridine rings is 1. The zero-order valence-corrected chi connectivity index (χ0v) is 22.7. The number of hydrogen-bond acceptors (Lipinski definition) is 5. The summed E-state index contributed by atoms with van der Waals surface area (Å²) in [6, 6.07) is 10.0. The van der Waals surface area contributed by atoms with Crippen LogP contribution in [-0.2, 0) is 11.3 Å². The molecule has 0 radical (unpaired) electrons. The van der Waals surface area contributed by atoms with E-state index in [2.05, 4.69) is 37.6 Å². The summed E-state index contributed by atoms with van der Waals surface area (Å²) in [6.07, 6.45) is 6.38. The van der Waals surface area contributed by atoms with Gasteiger partial charge in [-0.1, -0.05) is 23.7 Å². The van der Waals surface area contributed by atoms with Crippen molar-refractivity contribution >= 4 is 29.2 Å². The van der Waals surface area contributed by atoms with E-state index in [0.29, 0.717) is 23.3 Å². The second-order valence-electron chi connectivity index (χ2n) is 11.0. The number of likely N-dealkylation sites (tertiary alicyclic amines) is 2. The molecule has 198 valence electrons. The quantitative estimate of drug-likeness (QED) is 0.530. The third-order valence-electron chi connectivity index (χ3n) is 7.97. The second kappa shape index (κ2) is 11.5. The van der Waals surface area contributed by atoms with Crippen LogP contribution in [0.1, 0.15) is 65.7 Å². The van der Waals surface area contributed by atoms with E-state index in [9.17, 15) is 9.59 Å². The first-order valence-electron chi connectivity index (χ1n) is 13.7. The monoisotopic (exact) mass is 523 g/mol. The number of nitrogens with zero attached hydrogens (tertiary/aromatic N) is 3. The van der Waals surface area contributed by atoms with Crippen molar-refractivity contribution in [3.8, 4) is 0 Å². The van der Waals surface area contributed by atoms with Gasteiger partial charge in [0.15, 0.2) is 0 Å². The Balaban J connectivity index is 1.16. The molecule has 0 bridgehead atoms. The number of carbonyl (C=O) groups excluding carboxylic acids is 2. The number of halogens is 1. The molecule has 1 aromatic carbocycles. The molecule has 1 aromatic heterocycles. The molecule has 1 saturated carbocycles. The topological polar surface area (TPSA) is 77.6 Å². The average Bonchev–Trinajstić information content (AvgIpc) is 3.58. The van der Waals surface area contributed by atoms with Gasteiger partial charge in [0.1, 0.15) is 5.82 Å². The molecule has 2 aliphatic heterocycles. The Kier molecular flexibility index (Phi) is 8.12. The van der Waals surface area contributed by atoms with Crippen LogP contribution in [-0.4, -0.2) is 64.9 Å². The van der Waals surface area contributed by atoms with Gasteiger partial charge in [0.2, 0.25) is 5.91 Å². The summed E-state index contributed by atoms with van der Waals surface area (Å²) in [6.45, 7) is 8.56. The molecule has 3 heterocycles. The van der Waals surface area contributed by atoms with Crippen LogP contribution in [0.5, 0.6) is 0 Å². The maximum absolute atomic E-state index is 13.3. The van der Waals surface area contributed by atoms with E-state index in [0.717, 1.165) is 74.7 Å². The van der Waals surface area contributed by atoms with Crippen molar-refractivity contribution in [2.45, 2.75) is 71.0 Å². The molecule has 1 atom stereocenters. The third kappa shape index (κ3) is 6.70. The SMILES string of the molecule is Cc1cc(C(=O)NCC2CC2)cc(NC(=O)[C@H]2CCCN2C2CCN(Cc3ccc(Cl)c(C)c3)CC2)n1. The Bertz CT molecular complexity index is 1140. The van der Waals surface area contributed by atoms with Crippen LogP contribution >= 0.6 is 11.6 Å². The van der Waals surface area contributed by atoms with Crippen LogP contribution < -0.4 is 10.6 Å². The number of aromatic nitrogens is 1. The minimum absolute atomic E-state index is 0.0148. The predicted octanol–water partition coefficient (Wildman–Crippen LogP) is 4.56. The Morgan fingerprint density at radius 3 is 2.54 bits per heavy atom. The van der Waals surface area contributed by atoms with Crippen molar-refractivity contribution < 1.29 is 9.59 Å². The van der Waals surface area contributed by atoms with Gasteiger partial charge in [-0.3, -0.25) is 19.4 Å². The summed E-state index contributed by atoms with van der Waals surface area (Å²) in [5.74, 6) is 0.962. The maximum Gasteiger partial charge on any atom is 0.251 e. The van der Waals surface area contributed by atoms with Gasteiger partial charge >= 0.3 is 0 Å². The van der Waals surface area contributed by atoms with Crippen LogP contribution in [0.3, 0.4) is 0 Å². The summed E-state index contributed by atoms with van der Waals surface area (Å²) in [5, 5.41) is 6.84. The normalized spacial score (nSPS) is 21.2. The molecular formula is C29H38ClN5O2. The molecule has 3 fully saturated rings.